The number of ether oxygens (including phenoxy) is 2. The highest BCUT2D eigenvalue weighted by Gasteiger charge is 2.27. The third-order valence-corrected chi connectivity index (χ3v) is 2.17. The van der Waals surface area contributed by atoms with Gasteiger partial charge < -0.3 is 15.2 Å². The van der Waals surface area contributed by atoms with Crippen molar-refractivity contribution in [2.45, 2.75) is 12.6 Å². The predicted molar refractivity (Wildman–Crippen MR) is 62.9 cm³/mol. The lowest BCUT2D eigenvalue weighted by atomic mass is 10.3. The Balaban J connectivity index is 2.20. The Morgan fingerprint density at radius 3 is 2.61 bits per heavy atom. The Kier molecular flexibility index (Phi) is 5.55. The van der Waals surface area contributed by atoms with Crippen LogP contribution in [0.4, 0.5) is 18.9 Å². The van der Waals surface area contributed by atoms with Crippen molar-refractivity contribution in [2.75, 3.05) is 25.6 Å². The van der Waals surface area contributed by atoms with Crippen LogP contribution in [0, 0.1) is 0 Å². The third kappa shape index (κ3) is 5.97. The molecule has 18 heavy (non-hydrogen) atoms. The van der Waals surface area contributed by atoms with Gasteiger partial charge in [-0.25, -0.2) is 0 Å². The van der Waals surface area contributed by atoms with E-state index in [4.69, 9.17) is 22.1 Å². The third-order valence-electron chi connectivity index (χ3n) is 1.93. The van der Waals surface area contributed by atoms with Gasteiger partial charge in [0.2, 0.25) is 0 Å². The van der Waals surface area contributed by atoms with Crippen molar-refractivity contribution in [3.05, 3.63) is 23.2 Å². The van der Waals surface area contributed by atoms with Crippen LogP contribution in [-0.4, -0.2) is 26.0 Å². The Bertz CT molecular complexity index is 385. The van der Waals surface area contributed by atoms with Gasteiger partial charge in [-0.05, 0) is 12.1 Å². The van der Waals surface area contributed by atoms with Crippen LogP contribution < -0.4 is 10.5 Å². The summed E-state index contributed by atoms with van der Waals surface area (Å²) in [5.74, 6) is 0.415. The van der Waals surface area contributed by atoms with Crippen molar-refractivity contribution in [3.63, 3.8) is 0 Å². The summed E-state index contributed by atoms with van der Waals surface area (Å²) in [5, 5.41) is 0.479. The van der Waals surface area contributed by atoms with Gasteiger partial charge in [0.15, 0.2) is 0 Å². The summed E-state index contributed by atoms with van der Waals surface area (Å²) in [5.41, 5.74) is 6.05. The lowest BCUT2D eigenvalue weighted by Crippen LogP contribution is -2.18. The highest BCUT2D eigenvalue weighted by atomic mass is 35.5. The average molecular weight is 284 g/mol. The van der Waals surface area contributed by atoms with Crippen molar-refractivity contribution in [3.8, 4) is 5.75 Å². The van der Waals surface area contributed by atoms with Crippen LogP contribution in [-0.2, 0) is 4.74 Å². The van der Waals surface area contributed by atoms with Crippen molar-refractivity contribution in [2.24, 2.45) is 0 Å². The topological polar surface area (TPSA) is 44.5 Å². The number of anilines is 1. The molecule has 0 amide bonds. The van der Waals surface area contributed by atoms with Crippen molar-refractivity contribution in [1.29, 1.82) is 0 Å². The van der Waals surface area contributed by atoms with Crippen LogP contribution in [0.25, 0.3) is 0 Å². The number of alkyl halides is 3. The van der Waals surface area contributed by atoms with Gasteiger partial charge in [-0.1, -0.05) is 11.6 Å². The summed E-state index contributed by atoms with van der Waals surface area (Å²) >= 11 is 5.74. The molecular weight excluding hydrogens is 271 g/mol. The van der Waals surface area contributed by atoms with E-state index < -0.39 is 12.8 Å². The number of rotatable bonds is 6. The zero-order chi connectivity index (χ0) is 13.6. The second-order valence-corrected chi connectivity index (χ2v) is 3.99. The highest BCUT2D eigenvalue weighted by Crippen LogP contribution is 2.25. The molecule has 7 heteroatoms. The average Bonchev–Trinajstić information content (AvgIpc) is 2.26. The van der Waals surface area contributed by atoms with Crippen LogP contribution in [0.15, 0.2) is 18.2 Å². The molecule has 0 unspecified atom stereocenters. The maximum absolute atomic E-state index is 11.7. The first-order valence-electron chi connectivity index (χ1n) is 5.21. The van der Waals surface area contributed by atoms with E-state index in [1.165, 1.54) is 0 Å². The van der Waals surface area contributed by atoms with E-state index in [2.05, 4.69) is 4.74 Å². The summed E-state index contributed by atoms with van der Waals surface area (Å²) in [6, 6.07) is 4.77. The van der Waals surface area contributed by atoms with Gasteiger partial charge in [0.1, 0.15) is 12.4 Å². The van der Waals surface area contributed by atoms with E-state index in [9.17, 15) is 13.2 Å². The molecule has 1 aromatic rings. The molecular formula is C11H13ClF3NO2. The Hall–Kier alpha value is -1.14. The molecule has 0 atom stereocenters. The first kappa shape index (κ1) is 14.9. The minimum Gasteiger partial charge on any atom is -0.491 e. The molecule has 0 saturated carbocycles. The van der Waals surface area contributed by atoms with Gasteiger partial charge in [0.25, 0.3) is 0 Å². The molecule has 0 aliphatic heterocycles. The molecule has 0 heterocycles. The molecule has 0 spiro atoms. The zero-order valence-electron chi connectivity index (χ0n) is 9.47. The SMILES string of the molecule is Nc1ccc(Cl)cc1OCCCOCC(F)(F)F. The molecule has 0 fully saturated rings. The molecule has 0 aromatic heterocycles. The van der Waals surface area contributed by atoms with E-state index >= 15 is 0 Å². The van der Waals surface area contributed by atoms with Gasteiger partial charge in [-0.15, -0.1) is 0 Å². The fourth-order valence-electron chi connectivity index (χ4n) is 1.16. The summed E-state index contributed by atoms with van der Waals surface area (Å²) in [6.45, 7) is -1.06. The first-order chi connectivity index (χ1) is 8.38. The minimum absolute atomic E-state index is 0.0278. The van der Waals surface area contributed by atoms with Crippen LogP contribution in [0.5, 0.6) is 5.75 Å². The lowest BCUT2D eigenvalue weighted by molar-refractivity contribution is -0.174. The first-order valence-corrected chi connectivity index (χ1v) is 5.58. The van der Waals surface area contributed by atoms with Crippen LogP contribution in [0.2, 0.25) is 5.02 Å². The summed E-state index contributed by atoms with van der Waals surface area (Å²) in [7, 11) is 0. The molecule has 0 bridgehead atoms. The molecule has 3 nitrogen and oxygen atoms in total. The van der Waals surface area contributed by atoms with E-state index in [1.54, 1.807) is 18.2 Å². The van der Waals surface area contributed by atoms with Crippen molar-refractivity contribution >= 4 is 17.3 Å². The highest BCUT2D eigenvalue weighted by molar-refractivity contribution is 6.30. The molecule has 0 saturated heterocycles. The van der Waals surface area contributed by atoms with Gasteiger partial charge in [0, 0.05) is 17.5 Å². The number of hydrogen-bond acceptors (Lipinski definition) is 3. The molecule has 0 radical (unpaired) electrons. The van der Waals surface area contributed by atoms with Crippen LogP contribution in [0.1, 0.15) is 6.42 Å². The number of halogens is 4. The van der Waals surface area contributed by atoms with Gasteiger partial charge in [0.05, 0.1) is 18.9 Å². The van der Waals surface area contributed by atoms with E-state index in [0.29, 0.717) is 22.9 Å². The normalized spacial score (nSPS) is 11.6. The predicted octanol–water partition coefficient (Wildman–Crippen LogP) is 3.27. The maximum Gasteiger partial charge on any atom is 0.411 e. The maximum atomic E-state index is 11.7. The molecule has 1 rings (SSSR count). The number of nitrogen functional groups attached to an aromatic ring is 1. The van der Waals surface area contributed by atoms with Crippen molar-refractivity contribution in [1.82, 2.24) is 0 Å². The zero-order valence-corrected chi connectivity index (χ0v) is 10.2. The van der Waals surface area contributed by atoms with Crippen molar-refractivity contribution < 1.29 is 22.6 Å². The van der Waals surface area contributed by atoms with Crippen LogP contribution in [0.3, 0.4) is 0 Å². The largest absolute Gasteiger partial charge is 0.491 e. The fourth-order valence-corrected chi connectivity index (χ4v) is 1.33. The molecule has 102 valence electrons. The van der Waals surface area contributed by atoms with Gasteiger partial charge in [-0.2, -0.15) is 13.2 Å². The van der Waals surface area contributed by atoms with Crippen LogP contribution >= 0.6 is 11.6 Å². The number of nitrogens with two attached hydrogens (primary N) is 1. The quantitative estimate of drug-likeness (QED) is 0.644. The fraction of sp³-hybridized carbons (Fsp3) is 0.455. The van der Waals surface area contributed by atoms with E-state index in [-0.39, 0.29) is 13.2 Å². The van der Waals surface area contributed by atoms with E-state index in [1.807, 2.05) is 0 Å². The minimum atomic E-state index is -4.29. The standard InChI is InChI=1S/C11H13ClF3NO2/c12-8-2-3-9(16)10(6-8)18-5-1-4-17-7-11(13,14)15/h2-3,6H,1,4-5,7,16H2. The lowest BCUT2D eigenvalue weighted by Gasteiger charge is -2.10. The Morgan fingerprint density at radius 2 is 1.94 bits per heavy atom. The second kappa shape index (κ2) is 6.70. The summed E-state index contributed by atoms with van der Waals surface area (Å²) < 4.78 is 44.9. The van der Waals surface area contributed by atoms with E-state index in [0.717, 1.165) is 0 Å². The summed E-state index contributed by atoms with van der Waals surface area (Å²) in [6.07, 6.45) is -3.96. The second-order valence-electron chi connectivity index (χ2n) is 3.55. The van der Waals surface area contributed by atoms with Gasteiger partial charge >= 0.3 is 6.18 Å². The Morgan fingerprint density at radius 1 is 1.22 bits per heavy atom. The Labute approximate surface area is 108 Å². The molecule has 2 N–H and O–H groups in total. The molecule has 0 aliphatic rings. The molecule has 0 aliphatic carbocycles. The van der Waals surface area contributed by atoms with Gasteiger partial charge in [-0.3, -0.25) is 0 Å². The number of hydrogen-bond donors (Lipinski definition) is 1. The molecule has 1 aromatic carbocycles. The smallest absolute Gasteiger partial charge is 0.411 e. The number of benzene rings is 1. The monoisotopic (exact) mass is 283 g/mol. The summed E-state index contributed by atoms with van der Waals surface area (Å²) in [4.78, 5) is 0.